The van der Waals surface area contributed by atoms with Crippen molar-refractivity contribution in [1.82, 2.24) is 14.9 Å². The van der Waals surface area contributed by atoms with Crippen molar-refractivity contribution in [3.8, 4) is 11.5 Å². The second-order valence-corrected chi connectivity index (χ2v) is 10.3. The van der Waals surface area contributed by atoms with Crippen LogP contribution in [0.15, 0.2) is 71.6 Å². The maximum Gasteiger partial charge on any atom is 0.263 e. The van der Waals surface area contributed by atoms with Gasteiger partial charge in [0.15, 0.2) is 11.6 Å². The molecule has 4 aromatic rings. The number of fused-ring (bicyclic) bond motifs is 1. The van der Waals surface area contributed by atoms with Crippen LogP contribution in [0.4, 0.5) is 23.0 Å². The summed E-state index contributed by atoms with van der Waals surface area (Å²) in [6, 6.07) is 17.5. The van der Waals surface area contributed by atoms with E-state index in [0.29, 0.717) is 28.2 Å². The third-order valence-electron chi connectivity index (χ3n) is 5.88. The summed E-state index contributed by atoms with van der Waals surface area (Å²) in [5, 5.41) is 15.8. The van der Waals surface area contributed by atoms with Crippen LogP contribution >= 0.6 is 0 Å². The number of carbonyl (C=O) groups is 1. The van der Waals surface area contributed by atoms with Gasteiger partial charge in [0.25, 0.3) is 10.0 Å². The summed E-state index contributed by atoms with van der Waals surface area (Å²) in [6.45, 7) is 5.57. The van der Waals surface area contributed by atoms with E-state index in [9.17, 15) is 18.3 Å². The molecule has 3 aromatic carbocycles. The molecule has 11 nitrogen and oxygen atoms in total. The fourth-order valence-corrected chi connectivity index (χ4v) is 4.90. The van der Waals surface area contributed by atoms with Crippen molar-refractivity contribution in [1.29, 1.82) is 0 Å². The predicted molar refractivity (Wildman–Crippen MR) is 151 cm³/mol. The number of aromatic hydroxyl groups is 1. The molecule has 4 rings (SSSR count). The number of carbonyl (C=O) groups excluding carboxylic acids is 1. The molecule has 0 spiro atoms. The monoisotopic (exact) mass is 550 g/mol. The van der Waals surface area contributed by atoms with E-state index in [1.54, 1.807) is 42.5 Å². The third-order valence-corrected chi connectivity index (χ3v) is 7.22. The summed E-state index contributed by atoms with van der Waals surface area (Å²) < 4.78 is 34.6. The Morgan fingerprint density at radius 3 is 2.28 bits per heavy atom. The molecule has 0 radical (unpaired) electrons. The highest BCUT2D eigenvalue weighted by Gasteiger charge is 2.20. The molecule has 204 valence electrons. The number of benzene rings is 3. The largest absolute Gasteiger partial charge is 0.508 e. The maximum atomic E-state index is 13.4. The zero-order valence-corrected chi connectivity index (χ0v) is 22.6. The first-order valence-electron chi connectivity index (χ1n) is 12.3. The first kappa shape index (κ1) is 27.6. The maximum absolute atomic E-state index is 13.4. The van der Waals surface area contributed by atoms with Gasteiger partial charge in [-0.3, -0.25) is 14.4 Å². The first-order chi connectivity index (χ1) is 18.7. The number of nitrogens with zero attached hydrogens (tertiary/aromatic N) is 3. The second kappa shape index (κ2) is 12.0. The number of amides is 1. The van der Waals surface area contributed by atoms with Gasteiger partial charge in [-0.1, -0.05) is 32.0 Å². The van der Waals surface area contributed by atoms with Crippen LogP contribution in [-0.4, -0.2) is 61.0 Å². The number of methoxy groups -OCH3 is 1. The SMILES string of the molecule is CCN(CC)CC(=O)Nc1cccc(S(=O)(=O)Nc2nc3ccccc3nc2Nc2cc(O)cc(OC)c2)c1. The van der Waals surface area contributed by atoms with Crippen LogP contribution < -0.4 is 20.1 Å². The van der Waals surface area contributed by atoms with E-state index in [2.05, 4.69) is 25.3 Å². The lowest BCUT2D eigenvalue weighted by Gasteiger charge is -2.17. The van der Waals surface area contributed by atoms with Crippen LogP contribution in [0.25, 0.3) is 11.0 Å². The Labute approximate surface area is 226 Å². The molecule has 0 fully saturated rings. The minimum Gasteiger partial charge on any atom is -0.508 e. The van der Waals surface area contributed by atoms with Gasteiger partial charge in [-0.25, -0.2) is 18.4 Å². The van der Waals surface area contributed by atoms with Gasteiger partial charge in [0.05, 0.1) is 29.6 Å². The van der Waals surface area contributed by atoms with Crippen LogP contribution in [0.1, 0.15) is 13.8 Å². The molecule has 12 heteroatoms. The van der Waals surface area contributed by atoms with Crippen LogP contribution in [0, 0.1) is 0 Å². The highest BCUT2D eigenvalue weighted by Crippen LogP contribution is 2.31. The summed E-state index contributed by atoms with van der Waals surface area (Å²) in [5.74, 6) is 0.177. The van der Waals surface area contributed by atoms with Gasteiger partial charge < -0.3 is 20.5 Å². The van der Waals surface area contributed by atoms with E-state index in [1.165, 1.54) is 31.4 Å². The van der Waals surface area contributed by atoms with E-state index in [4.69, 9.17) is 4.74 Å². The number of hydrogen-bond donors (Lipinski definition) is 4. The molecular weight excluding hydrogens is 520 g/mol. The molecule has 1 amide bonds. The van der Waals surface area contributed by atoms with Crippen molar-refractivity contribution in [3.05, 3.63) is 66.7 Å². The van der Waals surface area contributed by atoms with E-state index in [-0.39, 0.29) is 34.7 Å². The Morgan fingerprint density at radius 1 is 0.923 bits per heavy atom. The predicted octanol–water partition coefficient (Wildman–Crippen LogP) is 4.17. The number of anilines is 4. The molecule has 0 saturated heterocycles. The molecule has 0 aliphatic heterocycles. The van der Waals surface area contributed by atoms with Gasteiger partial charge in [0, 0.05) is 29.6 Å². The average Bonchev–Trinajstić information content (AvgIpc) is 2.91. The van der Waals surface area contributed by atoms with Gasteiger partial charge in [0.2, 0.25) is 5.91 Å². The highest BCUT2D eigenvalue weighted by molar-refractivity contribution is 7.92. The minimum absolute atomic E-state index is 0.0485. The molecule has 0 aliphatic rings. The molecule has 0 saturated carbocycles. The zero-order valence-electron chi connectivity index (χ0n) is 21.8. The van der Waals surface area contributed by atoms with Crippen molar-refractivity contribution < 1.29 is 23.1 Å². The van der Waals surface area contributed by atoms with Crippen molar-refractivity contribution in [2.75, 3.05) is 42.1 Å². The van der Waals surface area contributed by atoms with Crippen molar-refractivity contribution in [3.63, 3.8) is 0 Å². The molecule has 0 aliphatic carbocycles. The number of nitrogens with one attached hydrogen (secondary N) is 3. The standard InChI is InChI=1S/C27H30N6O5S/c1-4-33(5-2)17-25(35)28-18-9-8-10-22(15-18)39(36,37)32-27-26(30-23-11-6-7-12-24(23)31-27)29-19-13-20(34)16-21(14-19)38-3/h6-16,34H,4-5,17H2,1-3H3,(H,28,35)(H,29,30)(H,31,32). The molecule has 0 atom stereocenters. The van der Waals surface area contributed by atoms with E-state index < -0.39 is 10.0 Å². The van der Waals surface area contributed by atoms with Crippen LogP contribution in [-0.2, 0) is 14.8 Å². The fraction of sp³-hybridized carbons (Fsp3) is 0.222. The Balaban J connectivity index is 1.65. The Hall–Kier alpha value is -4.42. The normalized spacial score (nSPS) is 11.4. The fourth-order valence-electron chi connectivity index (χ4n) is 3.85. The molecular formula is C27H30N6O5S. The summed E-state index contributed by atoms with van der Waals surface area (Å²) in [7, 11) is -2.67. The zero-order chi connectivity index (χ0) is 28.0. The minimum atomic E-state index is -4.14. The number of aromatic nitrogens is 2. The van der Waals surface area contributed by atoms with Crippen LogP contribution in [0.3, 0.4) is 0 Å². The number of phenolic OH excluding ortho intramolecular Hbond substituents is 1. The Kier molecular flexibility index (Phi) is 8.47. The van der Waals surface area contributed by atoms with Crippen molar-refractivity contribution >= 4 is 50.0 Å². The van der Waals surface area contributed by atoms with E-state index >= 15 is 0 Å². The van der Waals surface area contributed by atoms with Crippen molar-refractivity contribution in [2.24, 2.45) is 0 Å². The quantitative estimate of drug-likeness (QED) is 0.216. The van der Waals surface area contributed by atoms with Crippen molar-refractivity contribution in [2.45, 2.75) is 18.7 Å². The number of sulfonamides is 1. The summed E-state index contributed by atoms with van der Waals surface area (Å²) >= 11 is 0. The summed E-state index contributed by atoms with van der Waals surface area (Å²) in [4.78, 5) is 23.4. The van der Waals surface area contributed by atoms with Gasteiger partial charge in [-0.2, -0.15) is 0 Å². The lowest BCUT2D eigenvalue weighted by molar-refractivity contribution is -0.117. The highest BCUT2D eigenvalue weighted by atomic mass is 32.2. The number of likely N-dealkylation sites (N-methyl/N-ethyl adjacent to an activating group) is 1. The Bertz CT molecular complexity index is 1590. The topological polar surface area (TPSA) is 146 Å². The number of hydrogen-bond acceptors (Lipinski definition) is 9. The van der Waals surface area contributed by atoms with Gasteiger partial charge in [-0.15, -0.1) is 0 Å². The lowest BCUT2D eigenvalue weighted by atomic mass is 10.2. The average molecular weight is 551 g/mol. The Morgan fingerprint density at radius 2 is 1.62 bits per heavy atom. The molecule has 4 N–H and O–H groups in total. The molecule has 1 aromatic heterocycles. The molecule has 0 unspecified atom stereocenters. The summed E-state index contributed by atoms with van der Waals surface area (Å²) in [6.07, 6.45) is 0. The number of para-hydroxylation sites is 2. The summed E-state index contributed by atoms with van der Waals surface area (Å²) in [5.41, 5.74) is 1.78. The van der Waals surface area contributed by atoms with Gasteiger partial charge in [0.1, 0.15) is 11.5 Å². The number of phenols is 1. The van der Waals surface area contributed by atoms with Crippen LogP contribution in [0.2, 0.25) is 0 Å². The van der Waals surface area contributed by atoms with E-state index in [0.717, 1.165) is 13.1 Å². The van der Waals surface area contributed by atoms with E-state index in [1.807, 2.05) is 18.7 Å². The molecule has 0 bridgehead atoms. The molecule has 39 heavy (non-hydrogen) atoms. The van der Waals surface area contributed by atoms with Gasteiger partial charge in [-0.05, 0) is 43.4 Å². The number of rotatable bonds is 11. The third kappa shape index (κ3) is 6.92. The second-order valence-electron chi connectivity index (χ2n) is 8.60. The molecule has 1 heterocycles. The lowest BCUT2D eigenvalue weighted by Crippen LogP contribution is -2.32. The smallest absolute Gasteiger partial charge is 0.263 e. The van der Waals surface area contributed by atoms with Crippen LogP contribution in [0.5, 0.6) is 11.5 Å². The first-order valence-corrected chi connectivity index (χ1v) is 13.8. The van der Waals surface area contributed by atoms with Gasteiger partial charge >= 0.3 is 0 Å². The number of ether oxygens (including phenoxy) is 1.